The number of carbonyl (C=O) groups excluding carboxylic acids is 2. The van der Waals surface area contributed by atoms with Crippen LogP contribution in [-0.2, 0) is 17.7 Å². The van der Waals surface area contributed by atoms with Crippen LogP contribution in [0.15, 0.2) is 0 Å². The molecule has 0 saturated carbocycles. The third-order valence-electron chi connectivity index (χ3n) is 5.68. The molecule has 7 heteroatoms. The normalized spacial score (nSPS) is 22.9. The van der Waals surface area contributed by atoms with Gasteiger partial charge in [-0.2, -0.15) is 0 Å². The van der Waals surface area contributed by atoms with Gasteiger partial charge in [0.25, 0.3) is 11.8 Å². The van der Waals surface area contributed by atoms with Gasteiger partial charge >= 0.3 is 0 Å². The second kappa shape index (κ2) is 7.78. The van der Waals surface area contributed by atoms with Gasteiger partial charge in [-0.3, -0.25) is 9.59 Å². The van der Waals surface area contributed by atoms with E-state index in [1.54, 1.807) is 0 Å². The van der Waals surface area contributed by atoms with Crippen molar-refractivity contribution in [2.24, 2.45) is 0 Å². The Kier molecular flexibility index (Phi) is 5.24. The van der Waals surface area contributed by atoms with Crippen LogP contribution in [0.4, 0.5) is 0 Å². The molecule has 3 aliphatic heterocycles. The van der Waals surface area contributed by atoms with Crippen molar-refractivity contribution in [3.63, 3.8) is 0 Å². The highest BCUT2D eigenvalue weighted by Crippen LogP contribution is 2.23. The summed E-state index contributed by atoms with van der Waals surface area (Å²) >= 11 is 0. The van der Waals surface area contributed by atoms with Gasteiger partial charge < -0.3 is 19.5 Å². The van der Waals surface area contributed by atoms with E-state index in [2.05, 4.69) is 10.3 Å². The maximum absolute atomic E-state index is 13.0. The maximum Gasteiger partial charge on any atom is 0.287 e. The molecule has 1 aromatic heterocycles. The molecule has 1 atom stereocenters. The highest BCUT2D eigenvalue weighted by atomic mass is 16.5. The molecule has 0 radical (unpaired) electrons. The number of carbonyl (C=O) groups is 2. The lowest BCUT2D eigenvalue weighted by Gasteiger charge is -2.26. The second-order valence-corrected chi connectivity index (χ2v) is 7.54. The second-order valence-electron chi connectivity index (χ2n) is 7.54. The third-order valence-corrected chi connectivity index (χ3v) is 5.68. The molecule has 2 amide bonds. The van der Waals surface area contributed by atoms with Crippen molar-refractivity contribution in [3.05, 3.63) is 17.2 Å². The van der Waals surface area contributed by atoms with Crippen molar-refractivity contribution >= 4 is 11.8 Å². The van der Waals surface area contributed by atoms with E-state index in [0.29, 0.717) is 18.1 Å². The van der Waals surface area contributed by atoms with Crippen molar-refractivity contribution < 1.29 is 14.3 Å². The van der Waals surface area contributed by atoms with Gasteiger partial charge in [0.2, 0.25) is 0 Å². The number of amides is 2. The van der Waals surface area contributed by atoms with E-state index in [9.17, 15) is 9.59 Å². The van der Waals surface area contributed by atoms with Crippen molar-refractivity contribution in [1.82, 2.24) is 19.8 Å². The number of ether oxygens (including phenoxy) is 1. The third kappa shape index (κ3) is 3.49. The first-order valence-electron chi connectivity index (χ1n) is 10.0. The predicted octanol–water partition coefficient (Wildman–Crippen LogP) is 1.75. The molecule has 3 aliphatic rings. The Bertz CT molecular complexity index is 673. The lowest BCUT2D eigenvalue weighted by atomic mass is 10.1. The van der Waals surface area contributed by atoms with Crippen LogP contribution in [0.3, 0.4) is 0 Å². The van der Waals surface area contributed by atoms with Crippen LogP contribution in [0.2, 0.25) is 0 Å². The van der Waals surface area contributed by atoms with Crippen molar-refractivity contribution in [2.75, 3.05) is 26.2 Å². The first-order valence-corrected chi connectivity index (χ1v) is 10.0. The Labute approximate surface area is 154 Å². The van der Waals surface area contributed by atoms with E-state index < -0.39 is 0 Å². The summed E-state index contributed by atoms with van der Waals surface area (Å²) in [5.41, 5.74) is 1.43. The topological polar surface area (TPSA) is 76.5 Å². The summed E-state index contributed by atoms with van der Waals surface area (Å²) in [5, 5.41) is 2.95. The standard InChI is InChI=1S/C19H28N4O3/c24-18(20-13-14-7-6-12-26-14)17-21-16(15-8-2-5-11-23(15)17)19(25)22-9-3-1-4-10-22/h14H,1-13H2,(H,20,24). The molecule has 7 nitrogen and oxygen atoms in total. The van der Waals surface area contributed by atoms with Crippen LogP contribution in [0, 0.1) is 0 Å². The summed E-state index contributed by atoms with van der Waals surface area (Å²) in [7, 11) is 0. The van der Waals surface area contributed by atoms with Gasteiger partial charge in [0.05, 0.1) is 11.8 Å². The number of likely N-dealkylation sites (tertiary alicyclic amines) is 1. The molecular weight excluding hydrogens is 332 g/mol. The number of nitrogens with one attached hydrogen (secondary N) is 1. The molecule has 142 valence electrons. The molecule has 1 aromatic rings. The molecule has 2 saturated heterocycles. The molecule has 0 spiro atoms. The molecule has 0 aliphatic carbocycles. The Morgan fingerprint density at radius 2 is 1.88 bits per heavy atom. The zero-order valence-electron chi connectivity index (χ0n) is 15.3. The smallest absolute Gasteiger partial charge is 0.287 e. The number of aromatic nitrogens is 2. The SMILES string of the molecule is O=C(NCC1CCCO1)c1nc(C(=O)N2CCCCC2)c2n1CCCC2. The lowest BCUT2D eigenvalue weighted by molar-refractivity contribution is 0.0717. The van der Waals surface area contributed by atoms with E-state index in [4.69, 9.17) is 4.74 Å². The van der Waals surface area contributed by atoms with Gasteiger partial charge in [-0.25, -0.2) is 4.98 Å². The average molecular weight is 360 g/mol. The van der Waals surface area contributed by atoms with Crippen molar-refractivity contribution in [1.29, 1.82) is 0 Å². The van der Waals surface area contributed by atoms with Crippen LogP contribution in [0.5, 0.6) is 0 Å². The number of rotatable bonds is 4. The quantitative estimate of drug-likeness (QED) is 0.888. The summed E-state index contributed by atoms with van der Waals surface area (Å²) in [6.45, 7) is 3.64. The summed E-state index contributed by atoms with van der Waals surface area (Å²) in [5.74, 6) is 0.188. The number of hydrogen-bond acceptors (Lipinski definition) is 4. The van der Waals surface area contributed by atoms with Crippen LogP contribution in [0.1, 0.15) is 71.7 Å². The van der Waals surface area contributed by atoms with Gasteiger partial charge in [0.15, 0.2) is 5.82 Å². The summed E-state index contributed by atoms with van der Waals surface area (Å²) in [6.07, 6.45) is 8.31. The Hall–Kier alpha value is -1.89. The highest BCUT2D eigenvalue weighted by Gasteiger charge is 2.30. The Morgan fingerprint density at radius 3 is 2.65 bits per heavy atom. The monoisotopic (exact) mass is 360 g/mol. The summed E-state index contributed by atoms with van der Waals surface area (Å²) in [6, 6.07) is 0. The highest BCUT2D eigenvalue weighted by molar-refractivity contribution is 5.97. The predicted molar refractivity (Wildman–Crippen MR) is 96.2 cm³/mol. The van der Waals surface area contributed by atoms with E-state index >= 15 is 0 Å². The Morgan fingerprint density at radius 1 is 1.08 bits per heavy atom. The fraction of sp³-hybridized carbons (Fsp3) is 0.737. The van der Waals surface area contributed by atoms with Crippen LogP contribution in [-0.4, -0.2) is 58.6 Å². The van der Waals surface area contributed by atoms with Gasteiger partial charge in [-0.15, -0.1) is 0 Å². The average Bonchev–Trinajstić information content (AvgIpc) is 3.34. The summed E-state index contributed by atoms with van der Waals surface area (Å²) in [4.78, 5) is 32.1. The van der Waals surface area contributed by atoms with E-state index in [1.807, 2.05) is 9.47 Å². The lowest BCUT2D eigenvalue weighted by Crippen LogP contribution is -2.36. The van der Waals surface area contributed by atoms with E-state index in [-0.39, 0.29) is 17.9 Å². The fourth-order valence-electron chi connectivity index (χ4n) is 4.23. The number of nitrogens with zero attached hydrogens (tertiary/aromatic N) is 3. The minimum Gasteiger partial charge on any atom is -0.376 e. The molecular formula is C19H28N4O3. The van der Waals surface area contributed by atoms with Gasteiger partial charge in [-0.1, -0.05) is 0 Å². The first-order chi connectivity index (χ1) is 12.7. The number of piperidine rings is 1. The minimum atomic E-state index is -0.193. The zero-order chi connectivity index (χ0) is 17.9. The van der Waals surface area contributed by atoms with Crippen LogP contribution >= 0.6 is 0 Å². The van der Waals surface area contributed by atoms with Crippen LogP contribution < -0.4 is 5.32 Å². The molecule has 4 rings (SSSR count). The molecule has 1 N–H and O–H groups in total. The number of hydrogen-bond donors (Lipinski definition) is 1. The van der Waals surface area contributed by atoms with Gasteiger partial charge in [0.1, 0.15) is 5.69 Å². The van der Waals surface area contributed by atoms with E-state index in [1.165, 1.54) is 6.42 Å². The number of fused-ring (bicyclic) bond motifs is 1. The number of imidazole rings is 1. The van der Waals surface area contributed by atoms with Gasteiger partial charge in [-0.05, 0) is 51.4 Å². The van der Waals surface area contributed by atoms with Gasteiger partial charge in [0, 0.05) is 32.8 Å². The van der Waals surface area contributed by atoms with Crippen molar-refractivity contribution in [2.45, 2.75) is 64.0 Å². The zero-order valence-corrected chi connectivity index (χ0v) is 15.3. The molecule has 0 bridgehead atoms. The largest absolute Gasteiger partial charge is 0.376 e. The fourth-order valence-corrected chi connectivity index (χ4v) is 4.23. The molecule has 1 unspecified atom stereocenters. The van der Waals surface area contributed by atoms with E-state index in [0.717, 1.165) is 76.9 Å². The van der Waals surface area contributed by atoms with Crippen molar-refractivity contribution in [3.8, 4) is 0 Å². The Balaban J connectivity index is 1.53. The summed E-state index contributed by atoms with van der Waals surface area (Å²) < 4.78 is 7.54. The molecule has 2 fully saturated rings. The molecule has 26 heavy (non-hydrogen) atoms. The van der Waals surface area contributed by atoms with Crippen LogP contribution in [0.25, 0.3) is 0 Å². The molecule has 0 aromatic carbocycles. The first kappa shape index (κ1) is 17.5. The molecule has 4 heterocycles. The minimum absolute atomic E-state index is 0.00599. The maximum atomic E-state index is 13.0.